The van der Waals surface area contributed by atoms with Crippen molar-refractivity contribution >= 4 is 21.9 Å². The number of benzene rings is 1. The second-order valence-electron chi connectivity index (χ2n) is 4.01. The molecule has 2 atom stereocenters. The van der Waals surface area contributed by atoms with Crippen molar-refractivity contribution < 1.29 is 17.7 Å². The molecule has 1 aliphatic heterocycles. The third-order valence-corrected chi connectivity index (χ3v) is 5.05. The molecule has 6 heteroatoms. The zero-order valence-electron chi connectivity index (χ0n) is 9.37. The van der Waals surface area contributed by atoms with E-state index in [4.69, 9.17) is 4.18 Å². The summed E-state index contributed by atoms with van der Waals surface area (Å²) in [5.41, 5.74) is 0.986. The van der Waals surface area contributed by atoms with Gasteiger partial charge >= 0.3 is 0 Å². The Morgan fingerprint density at radius 3 is 2.47 bits per heavy atom. The molecular formula is C11H14O4S2. The first kappa shape index (κ1) is 12.9. The highest BCUT2D eigenvalue weighted by Crippen LogP contribution is 2.25. The third-order valence-electron chi connectivity index (χ3n) is 2.56. The van der Waals surface area contributed by atoms with Gasteiger partial charge in [0.1, 0.15) is 6.10 Å². The molecule has 4 nitrogen and oxygen atoms in total. The van der Waals surface area contributed by atoms with Crippen molar-refractivity contribution in [1.29, 1.82) is 0 Å². The quantitative estimate of drug-likeness (QED) is 0.838. The van der Waals surface area contributed by atoms with Crippen molar-refractivity contribution in [2.45, 2.75) is 24.0 Å². The van der Waals surface area contributed by atoms with E-state index < -0.39 is 22.3 Å². The first-order chi connectivity index (χ1) is 7.99. The lowest BCUT2D eigenvalue weighted by atomic mass is 10.2. The molecule has 0 aromatic heterocycles. The number of hydrogen-bond acceptors (Lipinski definition) is 5. The number of hydrogen-bond donors (Lipinski definition) is 1. The summed E-state index contributed by atoms with van der Waals surface area (Å²) in [5.74, 6) is 1.03. The third kappa shape index (κ3) is 3.01. The van der Waals surface area contributed by atoms with E-state index in [-0.39, 0.29) is 4.90 Å². The molecule has 0 radical (unpaired) electrons. The van der Waals surface area contributed by atoms with E-state index in [0.717, 1.165) is 5.56 Å². The Labute approximate surface area is 105 Å². The highest BCUT2D eigenvalue weighted by atomic mass is 32.2. The summed E-state index contributed by atoms with van der Waals surface area (Å²) in [6, 6.07) is 6.46. The van der Waals surface area contributed by atoms with Crippen molar-refractivity contribution in [3.8, 4) is 0 Å². The fraction of sp³-hybridized carbons (Fsp3) is 0.455. The van der Waals surface area contributed by atoms with Gasteiger partial charge in [0, 0.05) is 11.5 Å². The van der Waals surface area contributed by atoms with E-state index in [1.807, 2.05) is 6.92 Å². The summed E-state index contributed by atoms with van der Waals surface area (Å²) in [7, 11) is -3.77. The van der Waals surface area contributed by atoms with Crippen LogP contribution < -0.4 is 0 Å². The van der Waals surface area contributed by atoms with Crippen molar-refractivity contribution in [3.63, 3.8) is 0 Å². The molecule has 1 saturated heterocycles. The zero-order valence-corrected chi connectivity index (χ0v) is 11.0. The van der Waals surface area contributed by atoms with Gasteiger partial charge in [0.25, 0.3) is 10.1 Å². The van der Waals surface area contributed by atoms with Gasteiger partial charge in [-0.15, -0.1) is 0 Å². The summed E-state index contributed by atoms with van der Waals surface area (Å²) in [4.78, 5) is 0.132. The molecule has 1 N–H and O–H groups in total. The SMILES string of the molecule is Cc1ccc(S(=O)(=O)O[C@H]2CSC[C@H]2O)cc1. The molecule has 94 valence electrons. The van der Waals surface area contributed by atoms with Crippen molar-refractivity contribution in [2.24, 2.45) is 0 Å². The lowest BCUT2D eigenvalue weighted by molar-refractivity contribution is 0.0780. The summed E-state index contributed by atoms with van der Waals surface area (Å²) < 4.78 is 28.8. The maximum absolute atomic E-state index is 11.9. The highest BCUT2D eigenvalue weighted by molar-refractivity contribution is 7.99. The van der Waals surface area contributed by atoms with E-state index in [9.17, 15) is 13.5 Å². The second kappa shape index (κ2) is 4.97. The minimum atomic E-state index is -3.77. The van der Waals surface area contributed by atoms with Crippen LogP contribution in [0.3, 0.4) is 0 Å². The number of thioether (sulfide) groups is 1. The molecule has 1 aromatic carbocycles. The second-order valence-corrected chi connectivity index (χ2v) is 6.65. The molecule has 17 heavy (non-hydrogen) atoms. The molecule has 0 aliphatic carbocycles. The van der Waals surface area contributed by atoms with Crippen LogP contribution in [0.25, 0.3) is 0 Å². The van der Waals surface area contributed by atoms with Crippen LogP contribution in [0, 0.1) is 6.92 Å². The maximum Gasteiger partial charge on any atom is 0.297 e. The van der Waals surface area contributed by atoms with E-state index >= 15 is 0 Å². The predicted molar refractivity (Wildman–Crippen MR) is 66.6 cm³/mol. The predicted octanol–water partition coefficient (Wildman–Crippen LogP) is 1.18. The smallest absolute Gasteiger partial charge is 0.297 e. The molecule has 0 bridgehead atoms. The fourth-order valence-electron chi connectivity index (χ4n) is 1.54. The molecule has 2 rings (SSSR count). The van der Waals surface area contributed by atoms with Crippen molar-refractivity contribution in [1.82, 2.24) is 0 Å². The van der Waals surface area contributed by atoms with Gasteiger partial charge in [-0.05, 0) is 19.1 Å². The number of aryl methyl sites for hydroxylation is 1. The normalized spacial score (nSPS) is 25.1. The Morgan fingerprint density at radius 2 is 1.94 bits per heavy atom. The van der Waals surface area contributed by atoms with Crippen LogP contribution in [0.5, 0.6) is 0 Å². The zero-order chi connectivity index (χ0) is 12.5. The molecule has 0 unspecified atom stereocenters. The lowest BCUT2D eigenvalue weighted by Gasteiger charge is -2.14. The van der Waals surface area contributed by atoms with E-state index in [1.54, 1.807) is 12.1 Å². The Morgan fingerprint density at radius 1 is 1.29 bits per heavy atom. The van der Waals surface area contributed by atoms with Crippen molar-refractivity contribution in [2.75, 3.05) is 11.5 Å². The molecule has 1 fully saturated rings. The standard InChI is InChI=1S/C11H14O4S2/c1-8-2-4-9(5-3-8)17(13,14)15-11-7-16-6-10(11)12/h2-5,10-12H,6-7H2,1H3/t10-,11+/m1/s1. The summed E-state index contributed by atoms with van der Waals surface area (Å²) in [6.07, 6.45) is -1.34. The van der Waals surface area contributed by atoms with Crippen LogP contribution in [0.15, 0.2) is 29.2 Å². The first-order valence-electron chi connectivity index (χ1n) is 5.25. The number of rotatable bonds is 3. The lowest BCUT2D eigenvalue weighted by Crippen LogP contribution is -2.29. The highest BCUT2D eigenvalue weighted by Gasteiger charge is 2.31. The summed E-state index contributed by atoms with van der Waals surface area (Å²) in [5, 5.41) is 9.53. The average molecular weight is 274 g/mol. The van der Waals surface area contributed by atoms with Crippen LogP contribution in [0.1, 0.15) is 5.56 Å². The Kier molecular flexibility index (Phi) is 3.77. The minimum absolute atomic E-state index is 0.132. The van der Waals surface area contributed by atoms with Gasteiger partial charge in [-0.1, -0.05) is 17.7 Å². The molecule has 1 aromatic rings. The van der Waals surface area contributed by atoms with Crippen LogP contribution in [0.4, 0.5) is 0 Å². The van der Waals surface area contributed by atoms with Gasteiger partial charge in [-0.3, -0.25) is 4.18 Å². The minimum Gasteiger partial charge on any atom is -0.389 e. The van der Waals surface area contributed by atoms with Gasteiger partial charge < -0.3 is 5.11 Å². The monoisotopic (exact) mass is 274 g/mol. The summed E-state index contributed by atoms with van der Waals surface area (Å²) >= 11 is 1.49. The molecule has 0 spiro atoms. The van der Waals surface area contributed by atoms with Crippen molar-refractivity contribution in [3.05, 3.63) is 29.8 Å². The van der Waals surface area contributed by atoms with E-state index in [1.165, 1.54) is 23.9 Å². The average Bonchev–Trinajstić information content (AvgIpc) is 2.64. The first-order valence-corrected chi connectivity index (χ1v) is 7.81. The van der Waals surface area contributed by atoms with Crippen LogP contribution in [-0.2, 0) is 14.3 Å². The van der Waals surface area contributed by atoms with Crippen LogP contribution >= 0.6 is 11.8 Å². The largest absolute Gasteiger partial charge is 0.389 e. The molecular weight excluding hydrogens is 260 g/mol. The van der Waals surface area contributed by atoms with Gasteiger partial charge in [0.2, 0.25) is 0 Å². The Hall–Kier alpha value is -0.560. The Balaban J connectivity index is 2.16. The summed E-state index contributed by atoms with van der Waals surface area (Å²) in [6.45, 7) is 1.88. The van der Waals surface area contributed by atoms with E-state index in [2.05, 4.69) is 0 Å². The van der Waals surface area contributed by atoms with Gasteiger partial charge in [0.15, 0.2) is 0 Å². The fourth-order valence-corrected chi connectivity index (χ4v) is 3.84. The van der Waals surface area contributed by atoms with Crippen LogP contribution in [0.2, 0.25) is 0 Å². The van der Waals surface area contributed by atoms with Gasteiger partial charge in [-0.25, -0.2) is 0 Å². The molecule has 0 amide bonds. The van der Waals surface area contributed by atoms with Crippen LogP contribution in [-0.4, -0.2) is 37.2 Å². The number of aliphatic hydroxyl groups is 1. The number of aliphatic hydroxyl groups excluding tert-OH is 1. The molecule has 1 aliphatic rings. The Bertz CT molecular complexity index is 481. The maximum atomic E-state index is 11.9. The van der Waals surface area contributed by atoms with Gasteiger partial charge in [-0.2, -0.15) is 20.2 Å². The van der Waals surface area contributed by atoms with E-state index in [0.29, 0.717) is 11.5 Å². The molecule has 0 saturated carbocycles. The van der Waals surface area contributed by atoms with Gasteiger partial charge in [0.05, 0.1) is 11.0 Å². The molecule has 1 heterocycles. The topological polar surface area (TPSA) is 63.6 Å².